The molecule has 132 valence electrons. The number of aliphatic hydroxyl groups excluding tert-OH is 1. The average Bonchev–Trinajstić information content (AvgIpc) is 2.98. The lowest BCUT2D eigenvalue weighted by atomic mass is 10.2. The smallest absolute Gasteiger partial charge is 0.138 e. The van der Waals surface area contributed by atoms with Gasteiger partial charge in [-0.1, -0.05) is 37.6 Å². The summed E-state index contributed by atoms with van der Waals surface area (Å²) in [5, 5.41) is 10.5. The van der Waals surface area contributed by atoms with E-state index >= 15 is 0 Å². The highest BCUT2D eigenvalue weighted by Crippen LogP contribution is 2.24. The Bertz CT molecular complexity index is 826. The quantitative estimate of drug-likeness (QED) is 0.608. The predicted octanol–water partition coefficient (Wildman–Crippen LogP) is 4.65. The molecule has 0 aliphatic carbocycles. The number of imidazole rings is 1. The van der Waals surface area contributed by atoms with Crippen LogP contribution < -0.4 is 4.74 Å². The fourth-order valence-corrected chi connectivity index (χ4v) is 3.10. The second-order valence-corrected chi connectivity index (χ2v) is 6.43. The van der Waals surface area contributed by atoms with Gasteiger partial charge in [0.2, 0.25) is 0 Å². The number of rotatable bonds is 8. The van der Waals surface area contributed by atoms with Crippen molar-refractivity contribution in [2.75, 3.05) is 6.61 Å². The number of fused-ring (bicyclic) bond motifs is 1. The van der Waals surface area contributed by atoms with Gasteiger partial charge in [-0.2, -0.15) is 0 Å². The van der Waals surface area contributed by atoms with Crippen molar-refractivity contribution in [3.05, 3.63) is 59.9 Å². The van der Waals surface area contributed by atoms with Gasteiger partial charge in [0.15, 0.2) is 0 Å². The van der Waals surface area contributed by atoms with Gasteiger partial charge in [-0.25, -0.2) is 4.98 Å². The Balaban J connectivity index is 1.70. The lowest BCUT2D eigenvalue weighted by Gasteiger charge is -2.14. The van der Waals surface area contributed by atoms with Crippen LogP contribution in [-0.4, -0.2) is 21.3 Å². The third-order valence-electron chi connectivity index (χ3n) is 4.33. The summed E-state index contributed by atoms with van der Waals surface area (Å²) >= 11 is 0. The van der Waals surface area contributed by atoms with Gasteiger partial charge in [0.05, 0.1) is 17.6 Å². The summed E-state index contributed by atoms with van der Waals surface area (Å²) in [6, 6.07) is 16.2. The number of aryl methyl sites for hydroxylation is 2. The van der Waals surface area contributed by atoms with Gasteiger partial charge in [0.25, 0.3) is 0 Å². The molecule has 0 radical (unpaired) electrons. The van der Waals surface area contributed by atoms with Crippen molar-refractivity contribution in [3.8, 4) is 5.75 Å². The van der Waals surface area contributed by atoms with Gasteiger partial charge < -0.3 is 14.4 Å². The normalized spacial score (nSPS) is 12.4. The summed E-state index contributed by atoms with van der Waals surface area (Å²) in [6.07, 6.45) is 2.00. The van der Waals surface area contributed by atoms with E-state index in [-0.39, 0.29) is 0 Å². The van der Waals surface area contributed by atoms with E-state index in [2.05, 4.69) is 35.5 Å². The summed E-state index contributed by atoms with van der Waals surface area (Å²) in [5.74, 6) is 1.67. The monoisotopic (exact) mass is 338 g/mol. The van der Waals surface area contributed by atoms with Crippen molar-refractivity contribution in [2.24, 2.45) is 0 Å². The van der Waals surface area contributed by atoms with E-state index in [1.54, 1.807) is 0 Å². The van der Waals surface area contributed by atoms with Crippen molar-refractivity contribution in [1.82, 2.24) is 9.55 Å². The third-order valence-corrected chi connectivity index (χ3v) is 4.33. The van der Waals surface area contributed by atoms with Crippen molar-refractivity contribution in [1.29, 1.82) is 0 Å². The zero-order valence-electron chi connectivity index (χ0n) is 15.0. The minimum atomic E-state index is -0.518. The second-order valence-electron chi connectivity index (χ2n) is 6.43. The number of benzene rings is 2. The van der Waals surface area contributed by atoms with E-state index in [1.807, 2.05) is 36.4 Å². The molecule has 1 atom stereocenters. The first-order valence-corrected chi connectivity index (χ1v) is 9.01. The minimum Gasteiger partial charge on any atom is -0.494 e. The molecule has 0 saturated carbocycles. The summed E-state index contributed by atoms with van der Waals surface area (Å²) < 4.78 is 7.98. The highest BCUT2D eigenvalue weighted by Gasteiger charge is 2.17. The molecule has 0 spiro atoms. The number of ether oxygens (including phenoxy) is 1. The van der Waals surface area contributed by atoms with Crippen LogP contribution in [0.4, 0.5) is 0 Å². The van der Waals surface area contributed by atoms with E-state index in [9.17, 15) is 5.11 Å². The molecule has 0 aliphatic rings. The molecule has 0 amide bonds. The molecule has 1 aromatic heterocycles. The standard InChI is InChI=1S/C21H26N2O2/c1-3-8-20(24)21-22-18-11-4-5-12-19(18)23(21)13-7-14-25-17-10-6-9-16(2)15-17/h4-6,9-12,15,20,24H,3,7-8,13-14H2,1-2H3/t20-/m1/s1. The number of hydrogen-bond acceptors (Lipinski definition) is 3. The Kier molecular flexibility index (Phi) is 5.71. The molecule has 0 bridgehead atoms. The maximum atomic E-state index is 10.5. The van der Waals surface area contributed by atoms with E-state index in [0.29, 0.717) is 6.61 Å². The molecule has 0 saturated heterocycles. The van der Waals surface area contributed by atoms with Crippen LogP contribution in [0.1, 0.15) is 43.7 Å². The summed E-state index contributed by atoms with van der Waals surface area (Å²) in [4.78, 5) is 4.65. The third kappa shape index (κ3) is 4.20. The Labute approximate surface area is 149 Å². The molecular formula is C21H26N2O2. The molecule has 1 heterocycles. The largest absolute Gasteiger partial charge is 0.494 e. The average molecular weight is 338 g/mol. The molecule has 2 aromatic carbocycles. The van der Waals surface area contributed by atoms with Crippen molar-refractivity contribution in [2.45, 2.75) is 45.8 Å². The lowest BCUT2D eigenvalue weighted by molar-refractivity contribution is 0.152. The van der Waals surface area contributed by atoms with Crippen molar-refractivity contribution >= 4 is 11.0 Å². The summed E-state index contributed by atoms with van der Waals surface area (Å²) in [5.41, 5.74) is 3.21. The summed E-state index contributed by atoms with van der Waals surface area (Å²) in [7, 11) is 0. The number of aromatic nitrogens is 2. The van der Waals surface area contributed by atoms with Gasteiger partial charge >= 0.3 is 0 Å². The molecule has 0 unspecified atom stereocenters. The first-order chi connectivity index (χ1) is 12.2. The van der Waals surface area contributed by atoms with Crippen LogP contribution in [0.15, 0.2) is 48.5 Å². The van der Waals surface area contributed by atoms with E-state index in [0.717, 1.165) is 48.4 Å². The second kappa shape index (κ2) is 8.17. The number of para-hydroxylation sites is 2. The van der Waals surface area contributed by atoms with Gasteiger partial charge in [0, 0.05) is 6.54 Å². The van der Waals surface area contributed by atoms with E-state index < -0.39 is 6.10 Å². The van der Waals surface area contributed by atoms with E-state index in [1.165, 1.54) is 5.56 Å². The Morgan fingerprint density at radius 3 is 2.80 bits per heavy atom. The SMILES string of the molecule is CCC[C@@H](O)c1nc2ccccc2n1CCCOc1cccc(C)c1. The van der Waals surface area contributed by atoms with Crippen LogP contribution >= 0.6 is 0 Å². The van der Waals surface area contributed by atoms with Crippen LogP contribution in [0, 0.1) is 6.92 Å². The number of aliphatic hydroxyl groups is 1. The van der Waals surface area contributed by atoms with Gasteiger partial charge in [-0.15, -0.1) is 0 Å². The first kappa shape index (κ1) is 17.5. The van der Waals surface area contributed by atoms with Crippen LogP contribution in [0.25, 0.3) is 11.0 Å². The first-order valence-electron chi connectivity index (χ1n) is 9.01. The number of nitrogens with zero attached hydrogens (tertiary/aromatic N) is 2. The molecule has 3 rings (SSSR count). The maximum Gasteiger partial charge on any atom is 0.138 e. The number of hydrogen-bond donors (Lipinski definition) is 1. The summed E-state index contributed by atoms with van der Waals surface area (Å²) in [6.45, 7) is 5.56. The maximum absolute atomic E-state index is 10.5. The Morgan fingerprint density at radius 1 is 1.16 bits per heavy atom. The zero-order chi connectivity index (χ0) is 17.6. The molecule has 3 aromatic rings. The van der Waals surface area contributed by atoms with Crippen LogP contribution in [-0.2, 0) is 6.54 Å². The lowest BCUT2D eigenvalue weighted by Crippen LogP contribution is -2.11. The molecule has 0 fully saturated rings. The fourth-order valence-electron chi connectivity index (χ4n) is 3.10. The van der Waals surface area contributed by atoms with Crippen LogP contribution in [0.2, 0.25) is 0 Å². The minimum absolute atomic E-state index is 0.518. The highest BCUT2D eigenvalue weighted by molar-refractivity contribution is 5.76. The highest BCUT2D eigenvalue weighted by atomic mass is 16.5. The van der Waals surface area contributed by atoms with E-state index in [4.69, 9.17) is 4.74 Å². The topological polar surface area (TPSA) is 47.3 Å². The van der Waals surface area contributed by atoms with Crippen molar-refractivity contribution < 1.29 is 9.84 Å². The molecule has 0 aliphatic heterocycles. The Morgan fingerprint density at radius 2 is 2.00 bits per heavy atom. The van der Waals surface area contributed by atoms with Crippen LogP contribution in [0.5, 0.6) is 5.75 Å². The fraction of sp³-hybridized carbons (Fsp3) is 0.381. The molecule has 25 heavy (non-hydrogen) atoms. The Hall–Kier alpha value is -2.33. The van der Waals surface area contributed by atoms with Gasteiger partial charge in [-0.05, 0) is 49.6 Å². The molecule has 4 heteroatoms. The van der Waals surface area contributed by atoms with Gasteiger partial charge in [-0.3, -0.25) is 0 Å². The molecule has 1 N–H and O–H groups in total. The molecular weight excluding hydrogens is 312 g/mol. The predicted molar refractivity (Wildman–Crippen MR) is 101 cm³/mol. The van der Waals surface area contributed by atoms with Crippen LogP contribution in [0.3, 0.4) is 0 Å². The van der Waals surface area contributed by atoms with Crippen molar-refractivity contribution in [3.63, 3.8) is 0 Å². The zero-order valence-corrected chi connectivity index (χ0v) is 15.0. The van der Waals surface area contributed by atoms with Gasteiger partial charge in [0.1, 0.15) is 17.7 Å². The molecule has 4 nitrogen and oxygen atoms in total.